The van der Waals surface area contributed by atoms with Crippen LogP contribution in [0.3, 0.4) is 0 Å². The van der Waals surface area contributed by atoms with Gasteiger partial charge < -0.3 is 5.32 Å². The Bertz CT molecular complexity index is 627. The Morgan fingerprint density at radius 2 is 2.17 bits per heavy atom. The van der Waals surface area contributed by atoms with Crippen LogP contribution in [0.5, 0.6) is 0 Å². The summed E-state index contributed by atoms with van der Waals surface area (Å²) in [5.74, 6) is 2.04. The molecular weight excluding hydrogens is 296 g/mol. The van der Waals surface area contributed by atoms with Crippen molar-refractivity contribution in [3.8, 4) is 0 Å². The molecule has 7 nitrogen and oxygen atoms in total. The maximum atomic E-state index is 12.5. The van der Waals surface area contributed by atoms with Crippen molar-refractivity contribution in [2.45, 2.75) is 58.5 Å². The van der Waals surface area contributed by atoms with Gasteiger partial charge in [0.15, 0.2) is 0 Å². The van der Waals surface area contributed by atoms with Gasteiger partial charge in [-0.15, -0.1) is 0 Å². The van der Waals surface area contributed by atoms with E-state index in [2.05, 4.69) is 17.3 Å². The second kappa shape index (κ2) is 5.94. The second-order valence-electron chi connectivity index (χ2n) is 7.15. The van der Waals surface area contributed by atoms with Crippen molar-refractivity contribution in [1.82, 2.24) is 15.1 Å². The van der Waals surface area contributed by atoms with Crippen molar-refractivity contribution in [3.63, 3.8) is 0 Å². The molecule has 2 bridgehead atoms. The number of aromatic nitrogens is 2. The zero-order valence-electron chi connectivity index (χ0n) is 13.9. The summed E-state index contributed by atoms with van der Waals surface area (Å²) in [6.45, 7) is 5.38. The molecule has 0 unspecified atom stereocenters. The molecule has 2 fully saturated rings. The molecule has 0 spiro atoms. The van der Waals surface area contributed by atoms with Crippen LogP contribution >= 0.6 is 0 Å². The van der Waals surface area contributed by atoms with Crippen molar-refractivity contribution in [3.05, 3.63) is 22.0 Å². The van der Waals surface area contributed by atoms with Crippen LogP contribution in [0.1, 0.15) is 51.3 Å². The molecule has 126 valence electrons. The number of fused-ring (bicyclic) bond motifs is 2. The van der Waals surface area contributed by atoms with Crippen LogP contribution in [-0.2, 0) is 4.79 Å². The normalized spacial score (nSPS) is 28.6. The van der Waals surface area contributed by atoms with Gasteiger partial charge in [-0.2, -0.15) is 5.10 Å². The number of nitrogens with zero attached hydrogens (tertiary/aromatic N) is 3. The molecule has 0 aliphatic heterocycles. The number of rotatable bonds is 5. The van der Waals surface area contributed by atoms with Crippen molar-refractivity contribution < 1.29 is 9.72 Å². The van der Waals surface area contributed by atoms with Crippen molar-refractivity contribution in [2.24, 2.45) is 17.8 Å². The highest BCUT2D eigenvalue weighted by atomic mass is 16.6. The topological polar surface area (TPSA) is 90.1 Å². The van der Waals surface area contributed by atoms with E-state index in [1.807, 2.05) is 0 Å². The van der Waals surface area contributed by atoms with E-state index < -0.39 is 11.0 Å². The highest BCUT2D eigenvalue weighted by Crippen LogP contribution is 2.49. The summed E-state index contributed by atoms with van der Waals surface area (Å²) < 4.78 is 1.39. The van der Waals surface area contributed by atoms with Gasteiger partial charge in [0.1, 0.15) is 17.9 Å². The summed E-state index contributed by atoms with van der Waals surface area (Å²) in [7, 11) is 0. The molecule has 2 aliphatic rings. The maximum Gasteiger partial charge on any atom is 0.309 e. The van der Waals surface area contributed by atoms with Crippen molar-refractivity contribution in [2.75, 3.05) is 0 Å². The Morgan fingerprint density at radius 3 is 2.70 bits per heavy atom. The average Bonchev–Trinajstić information content (AvgIpc) is 3.20. The fraction of sp³-hybridized carbons (Fsp3) is 0.750. The number of amides is 1. The monoisotopic (exact) mass is 320 g/mol. The van der Waals surface area contributed by atoms with E-state index in [-0.39, 0.29) is 17.6 Å². The fourth-order valence-corrected chi connectivity index (χ4v) is 4.33. The van der Waals surface area contributed by atoms with Crippen molar-refractivity contribution >= 4 is 11.6 Å². The molecule has 5 atom stereocenters. The van der Waals surface area contributed by atoms with E-state index in [9.17, 15) is 14.9 Å². The van der Waals surface area contributed by atoms with Crippen LogP contribution < -0.4 is 5.32 Å². The van der Waals surface area contributed by atoms with Gasteiger partial charge in [-0.25, -0.2) is 0 Å². The number of carbonyl (C=O) groups is 1. The van der Waals surface area contributed by atoms with Gasteiger partial charge in [-0.3, -0.25) is 19.6 Å². The predicted molar refractivity (Wildman–Crippen MR) is 84.9 cm³/mol. The van der Waals surface area contributed by atoms with Crippen LogP contribution in [-0.4, -0.2) is 26.7 Å². The third kappa shape index (κ3) is 2.96. The van der Waals surface area contributed by atoms with Crippen LogP contribution in [0.25, 0.3) is 0 Å². The van der Waals surface area contributed by atoms with Gasteiger partial charge in [-0.1, -0.05) is 6.42 Å². The Hall–Kier alpha value is -1.92. The Labute approximate surface area is 135 Å². The van der Waals surface area contributed by atoms with Gasteiger partial charge >= 0.3 is 5.69 Å². The van der Waals surface area contributed by atoms with E-state index in [0.29, 0.717) is 11.6 Å². The summed E-state index contributed by atoms with van der Waals surface area (Å²) >= 11 is 0. The summed E-state index contributed by atoms with van der Waals surface area (Å²) in [4.78, 5) is 22.9. The molecule has 2 aliphatic carbocycles. The number of nitrogens with one attached hydrogen (secondary N) is 1. The molecule has 23 heavy (non-hydrogen) atoms. The predicted octanol–water partition coefficient (Wildman–Crippen LogP) is 2.60. The Kier molecular flexibility index (Phi) is 4.12. The minimum atomic E-state index is -0.552. The van der Waals surface area contributed by atoms with Crippen LogP contribution in [0.15, 0.2) is 6.20 Å². The Morgan fingerprint density at radius 1 is 1.43 bits per heavy atom. The molecular formula is C16H24N4O3. The minimum Gasteiger partial charge on any atom is -0.352 e. The van der Waals surface area contributed by atoms with E-state index in [4.69, 9.17) is 0 Å². The highest BCUT2D eigenvalue weighted by Gasteiger charge is 2.42. The zero-order valence-corrected chi connectivity index (χ0v) is 13.9. The van der Waals surface area contributed by atoms with E-state index in [0.717, 1.165) is 11.8 Å². The van der Waals surface area contributed by atoms with E-state index >= 15 is 0 Å². The van der Waals surface area contributed by atoms with Gasteiger partial charge in [0.25, 0.3) is 0 Å². The molecule has 0 radical (unpaired) electrons. The molecule has 1 aromatic heterocycles. The average molecular weight is 320 g/mol. The van der Waals surface area contributed by atoms with Crippen LogP contribution in [0.4, 0.5) is 5.69 Å². The number of nitro groups is 1. The lowest BCUT2D eigenvalue weighted by molar-refractivity contribution is -0.385. The first-order chi connectivity index (χ1) is 10.9. The summed E-state index contributed by atoms with van der Waals surface area (Å²) in [6.07, 6.45) is 6.49. The fourth-order valence-electron chi connectivity index (χ4n) is 4.33. The molecule has 2 saturated carbocycles. The molecule has 1 amide bonds. The quantitative estimate of drug-likeness (QED) is 0.667. The lowest BCUT2D eigenvalue weighted by Crippen LogP contribution is -2.43. The minimum absolute atomic E-state index is 0.0502. The molecule has 0 aromatic carbocycles. The lowest BCUT2D eigenvalue weighted by atomic mass is 9.84. The standard InChI is InChI=1S/C16H24N4O3/c1-9(14-7-12-4-5-13(14)6-12)17-16(21)11(3)19-8-15(20(22)23)10(2)18-19/h8-9,11-14H,4-7H2,1-3H3,(H,17,21)/t9-,11+,12-,13-,14+/m0/s1. The van der Waals surface area contributed by atoms with E-state index in [1.165, 1.54) is 36.6 Å². The summed E-state index contributed by atoms with van der Waals surface area (Å²) in [6, 6.07) is -0.407. The van der Waals surface area contributed by atoms with E-state index in [1.54, 1.807) is 13.8 Å². The highest BCUT2D eigenvalue weighted by molar-refractivity contribution is 5.80. The SMILES string of the molecule is Cc1nn([C@H](C)C(=O)N[C@@H](C)[C@H]2C[C@H]3CC[C@H]2C3)cc1[N+](=O)[O-]. The molecule has 3 rings (SSSR count). The lowest BCUT2D eigenvalue weighted by Gasteiger charge is -2.29. The smallest absolute Gasteiger partial charge is 0.309 e. The van der Waals surface area contributed by atoms with Crippen LogP contribution in [0.2, 0.25) is 0 Å². The van der Waals surface area contributed by atoms with Gasteiger partial charge in [0.05, 0.1) is 4.92 Å². The number of hydrogen-bond donors (Lipinski definition) is 1. The zero-order chi connectivity index (χ0) is 16.7. The first-order valence-corrected chi connectivity index (χ1v) is 8.37. The van der Waals surface area contributed by atoms with Crippen LogP contribution in [0, 0.1) is 34.8 Å². The molecule has 7 heteroatoms. The largest absolute Gasteiger partial charge is 0.352 e. The van der Waals surface area contributed by atoms with Gasteiger partial charge in [0, 0.05) is 6.04 Å². The molecule has 1 N–H and O–H groups in total. The van der Waals surface area contributed by atoms with Gasteiger partial charge in [-0.05, 0) is 57.8 Å². The molecule has 1 heterocycles. The summed E-state index contributed by atoms with van der Waals surface area (Å²) in [5.41, 5.74) is 0.279. The number of aryl methyl sites for hydroxylation is 1. The summed E-state index contributed by atoms with van der Waals surface area (Å²) in [5, 5.41) is 18.1. The third-order valence-electron chi connectivity index (χ3n) is 5.67. The Balaban J connectivity index is 1.63. The van der Waals surface area contributed by atoms with Crippen molar-refractivity contribution in [1.29, 1.82) is 0 Å². The number of carbonyl (C=O) groups excluding carboxylic acids is 1. The number of hydrogen-bond acceptors (Lipinski definition) is 4. The molecule has 0 saturated heterocycles. The second-order valence-corrected chi connectivity index (χ2v) is 7.15. The third-order valence-corrected chi connectivity index (χ3v) is 5.67. The first-order valence-electron chi connectivity index (χ1n) is 8.37. The maximum absolute atomic E-state index is 12.5. The first kappa shape index (κ1) is 16.0. The van der Waals surface area contributed by atoms with Gasteiger partial charge in [0.2, 0.25) is 5.91 Å². The molecule has 1 aromatic rings.